The summed E-state index contributed by atoms with van der Waals surface area (Å²) in [5.41, 5.74) is 0. The van der Waals surface area contributed by atoms with Crippen molar-refractivity contribution in [2.24, 2.45) is 0 Å². The van der Waals surface area contributed by atoms with E-state index in [4.69, 9.17) is 9.47 Å². The second kappa shape index (κ2) is 5.95. The van der Waals surface area contributed by atoms with E-state index in [9.17, 15) is 4.79 Å². The van der Waals surface area contributed by atoms with Gasteiger partial charge in [0.1, 0.15) is 0 Å². The summed E-state index contributed by atoms with van der Waals surface area (Å²) in [5, 5.41) is 5.66. The molecule has 2 atom stereocenters. The van der Waals surface area contributed by atoms with Gasteiger partial charge in [-0.05, 0) is 6.92 Å². The van der Waals surface area contributed by atoms with Crippen molar-refractivity contribution < 1.29 is 14.3 Å². The summed E-state index contributed by atoms with van der Waals surface area (Å²) < 4.78 is 10.7. The first kappa shape index (κ1) is 11.4. The molecule has 1 fully saturated rings. The molecular formula is C9H18N2O3. The van der Waals surface area contributed by atoms with Crippen LogP contribution < -0.4 is 10.6 Å². The Kier molecular flexibility index (Phi) is 4.86. The predicted molar refractivity (Wildman–Crippen MR) is 52.1 cm³/mol. The molecule has 5 heteroatoms. The highest BCUT2D eigenvalue weighted by Crippen LogP contribution is 1.99. The number of amides is 1. The van der Waals surface area contributed by atoms with Crippen LogP contribution in [-0.2, 0) is 14.3 Å². The van der Waals surface area contributed by atoms with Crippen LogP contribution in [-0.4, -0.2) is 51.5 Å². The Morgan fingerprint density at radius 3 is 2.93 bits per heavy atom. The fraction of sp³-hybridized carbons (Fsp3) is 0.889. The van der Waals surface area contributed by atoms with E-state index in [1.807, 2.05) is 6.92 Å². The second-order valence-electron chi connectivity index (χ2n) is 3.31. The number of hydrogen-bond donors (Lipinski definition) is 2. The lowest BCUT2D eigenvalue weighted by Gasteiger charge is -2.24. The lowest BCUT2D eigenvalue weighted by molar-refractivity contribution is -0.123. The van der Waals surface area contributed by atoms with Crippen LogP contribution in [0.1, 0.15) is 6.92 Å². The highest BCUT2D eigenvalue weighted by atomic mass is 16.6. The molecule has 82 valence electrons. The minimum absolute atomic E-state index is 0.0123. The zero-order chi connectivity index (χ0) is 10.4. The molecule has 1 rings (SSSR count). The first-order valence-electron chi connectivity index (χ1n) is 4.88. The number of likely N-dealkylation sites (N-methyl/N-ethyl adjacent to an activating group) is 1. The number of rotatable bonds is 4. The maximum atomic E-state index is 11.1. The standard InChI is InChI=1S/C9H18N2O3/c1-7(9(12)10-2)11-5-8-6-13-3-4-14-8/h7-8,11H,3-6H2,1-2H3,(H,10,12). The van der Waals surface area contributed by atoms with E-state index in [-0.39, 0.29) is 18.1 Å². The van der Waals surface area contributed by atoms with E-state index < -0.39 is 0 Å². The van der Waals surface area contributed by atoms with E-state index in [1.54, 1.807) is 7.05 Å². The SMILES string of the molecule is CNC(=O)C(C)NCC1COCCO1. The van der Waals surface area contributed by atoms with E-state index in [2.05, 4.69) is 10.6 Å². The van der Waals surface area contributed by atoms with Gasteiger partial charge in [0.15, 0.2) is 0 Å². The van der Waals surface area contributed by atoms with Crippen LogP contribution in [0.4, 0.5) is 0 Å². The van der Waals surface area contributed by atoms with Crippen molar-refractivity contribution >= 4 is 5.91 Å². The molecule has 1 saturated heterocycles. The van der Waals surface area contributed by atoms with Crippen LogP contribution in [0.5, 0.6) is 0 Å². The third kappa shape index (κ3) is 3.61. The summed E-state index contributed by atoms with van der Waals surface area (Å²) in [7, 11) is 1.63. The van der Waals surface area contributed by atoms with Crippen LogP contribution in [0.2, 0.25) is 0 Å². The average Bonchev–Trinajstić information content (AvgIpc) is 2.26. The Morgan fingerprint density at radius 1 is 1.57 bits per heavy atom. The smallest absolute Gasteiger partial charge is 0.236 e. The van der Waals surface area contributed by atoms with E-state index >= 15 is 0 Å². The largest absolute Gasteiger partial charge is 0.376 e. The van der Waals surface area contributed by atoms with Gasteiger partial charge in [-0.1, -0.05) is 0 Å². The zero-order valence-corrected chi connectivity index (χ0v) is 8.71. The molecule has 0 saturated carbocycles. The van der Waals surface area contributed by atoms with Gasteiger partial charge in [0.25, 0.3) is 0 Å². The van der Waals surface area contributed by atoms with Crippen molar-refractivity contribution in [2.45, 2.75) is 19.1 Å². The third-order valence-corrected chi connectivity index (χ3v) is 2.18. The van der Waals surface area contributed by atoms with Gasteiger partial charge < -0.3 is 20.1 Å². The maximum absolute atomic E-state index is 11.1. The Bertz CT molecular complexity index is 181. The van der Waals surface area contributed by atoms with Gasteiger partial charge in [0.2, 0.25) is 5.91 Å². The molecule has 0 radical (unpaired) electrons. The number of carbonyl (C=O) groups excluding carboxylic acids is 1. The summed E-state index contributed by atoms with van der Waals surface area (Å²) in [5.74, 6) is -0.0123. The Labute approximate surface area is 84.1 Å². The van der Waals surface area contributed by atoms with E-state index in [1.165, 1.54) is 0 Å². The van der Waals surface area contributed by atoms with Crippen molar-refractivity contribution in [3.05, 3.63) is 0 Å². The van der Waals surface area contributed by atoms with Crippen molar-refractivity contribution in [3.8, 4) is 0 Å². The van der Waals surface area contributed by atoms with E-state index in [0.29, 0.717) is 26.4 Å². The molecule has 14 heavy (non-hydrogen) atoms. The monoisotopic (exact) mass is 202 g/mol. The molecule has 0 aromatic carbocycles. The quantitative estimate of drug-likeness (QED) is 0.622. The number of ether oxygens (including phenoxy) is 2. The minimum atomic E-state index is -0.189. The predicted octanol–water partition coefficient (Wildman–Crippen LogP) is -0.874. The lowest BCUT2D eigenvalue weighted by Crippen LogP contribution is -2.46. The van der Waals surface area contributed by atoms with Crippen molar-refractivity contribution in [2.75, 3.05) is 33.4 Å². The Hall–Kier alpha value is -0.650. The number of hydrogen-bond acceptors (Lipinski definition) is 4. The summed E-state index contributed by atoms with van der Waals surface area (Å²) in [4.78, 5) is 11.1. The molecule has 5 nitrogen and oxygen atoms in total. The molecule has 0 aromatic rings. The first-order valence-corrected chi connectivity index (χ1v) is 4.88. The van der Waals surface area contributed by atoms with Gasteiger partial charge in [-0.3, -0.25) is 4.79 Å². The van der Waals surface area contributed by atoms with Gasteiger partial charge in [-0.25, -0.2) is 0 Å². The minimum Gasteiger partial charge on any atom is -0.376 e. The van der Waals surface area contributed by atoms with Gasteiger partial charge in [-0.15, -0.1) is 0 Å². The Morgan fingerprint density at radius 2 is 2.36 bits per heavy atom. The summed E-state index contributed by atoms with van der Waals surface area (Å²) in [6.45, 7) is 4.38. The van der Waals surface area contributed by atoms with E-state index in [0.717, 1.165) is 0 Å². The summed E-state index contributed by atoms with van der Waals surface area (Å²) in [6.07, 6.45) is 0.0656. The molecule has 1 amide bonds. The number of nitrogens with one attached hydrogen (secondary N) is 2. The molecule has 2 unspecified atom stereocenters. The van der Waals surface area contributed by atoms with Crippen molar-refractivity contribution in [1.82, 2.24) is 10.6 Å². The van der Waals surface area contributed by atoms with Gasteiger partial charge >= 0.3 is 0 Å². The van der Waals surface area contributed by atoms with Crippen LogP contribution in [0.25, 0.3) is 0 Å². The fourth-order valence-electron chi connectivity index (χ4n) is 1.27. The Balaban J connectivity index is 2.15. The molecule has 2 N–H and O–H groups in total. The molecule has 0 bridgehead atoms. The summed E-state index contributed by atoms with van der Waals surface area (Å²) in [6, 6.07) is -0.189. The van der Waals surface area contributed by atoms with Crippen LogP contribution in [0.3, 0.4) is 0 Å². The average molecular weight is 202 g/mol. The molecule has 1 aliphatic rings. The highest BCUT2D eigenvalue weighted by Gasteiger charge is 2.17. The molecule has 0 spiro atoms. The van der Waals surface area contributed by atoms with Crippen molar-refractivity contribution in [3.63, 3.8) is 0 Å². The molecule has 1 heterocycles. The van der Waals surface area contributed by atoms with Gasteiger partial charge in [0, 0.05) is 13.6 Å². The highest BCUT2D eigenvalue weighted by molar-refractivity contribution is 5.80. The maximum Gasteiger partial charge on any atom is 0.236 e. The molecular weight excluding hydrogens is 184 g/mol. The fourth-order valence-corrected chi connectivity index (χ4v) is 1.27. The van der Waals surface area contributed by atoms with Crippen LogP contribution in [0, 0.1) is 0 Å². The third-order valence-electron chi connectivity index (χ3n) is 2.18. The van der Waals surface area contributed by atoms with Gasteiger partial charge in [-0.2, -0.15) is 0 Å². The first-order chi connectivity index (χ1) is 6.74. The zero-order valence-electron chi connectivity index (χ0n) is 8.71. The normalized spacial score (nSPS) is 24.3. The number of carbonyl (C=O) groups is 1. The second-order valence-corrected chi connectivity index (χ2v) is 3.31. The topological polar surface area (TPSA) is 59.6 Å². The molecule has 0 aliphatic carbocycles. The van der Waals surface area contributed by atoms with Gasteiger partial charge in [0.05, 0.1) is 32.0 Å². The molecule has 0 aromatic heterocycles. The summed E-state index contributed by atoms with van der Waals surface area (Å²) >= 11 is 0. The molecule has 1 aliphatic heterocycles. The van der Waals surface area contributed by atoms with Crippen molar-refractivity contribution in [1.29, 1.82) is 0 Å². The van der Waals surface area contributed by atoms with Crippen LogP contribution in [0.15, 0.2) is 0 Å². The van der Waals surface area contributed by atoms with Crippen LogP contribution >= 0.6 is 0 Å². The lowest BCUT2D eigenvalue weighted by atomic mass is 10.3.